The highest BCUT2D eigenvalue weighted by Gasteiger charge is 2.05. The molecule has 0 amide bonds. The van der Waals surface area contributed by atoms with Crippen molar-refractivity contribution in [2.45, 2.75) is 77.5 Å². The van der Waals surface area contributed by atoms with Crippen molar-refractivity contribution in [3.05, 3.63) is 0 Å². The zero-order chi connectivity index (χ0) is 18.6. The van der Waals surface area contributed by atoms with Crippen LogP contribution in [0, 0.1) is 0 Å². The fraction of sp³-hybridized carbons (Fsp3) is 1.00. The molecule has 1 heterocycles. The maximum absolute atomic E-state index is 8.62. The molecule has 0 radical (unpaired) electrons. The predicted molar refractivity (Wildman–Crippen MR) is 106 cm³/mol. The molecule has 1 rings (SSSR count). The number of aliphatic hydroxyl groups is 1. The molecule has 6 nitrogen and oxygen atoms in total. The summed E-state index contributed by atoms with van der Waals surface area (Å²) in [6.45, 7) is 10.7. The third-order valence-corrected chi connectivity index (χ3v) is 4.05. The summed E-state index contributed by atoms with van der Waals surface area (Å²) in [6, 6.07) is 0.394. The van der Waals surface area contributed by atoms with Gasteiger partial charge in [-0.15, -0.1) is 0 Å². The van der Waals surface area contributed by atoms with E-state index in [9.17, 15) is 0 Å². The Morgan fingerprint density at radius 2 is 1.58 bits per heavy atom. The molecule has 2 unspecified atom stereocenters. The molecule has 0 aromatic carbocycles. The third-order valence-electron chi connectivity index (χ3n) is 4.05. The summed E-state index contributed by atoms with van der Waals surface area (Å²) in [6.07, 6.45) is 7.47. The Bertz CT molecular complexity index is 215. The molecule has 148 valence electrons. The minimum Gasteiger partial charge on any atom is -0.392 e. The summed E-state index contributed by atoms with van der Waals surface area (Å²) in [4.78, 5) is 0. The average Bonchev–Trinajstić information content (AvgIpc) is 2.64. The molecule has 0 aromatic heterocycles. The van der Waals surface area contributed by atoms with E-state index in [1.807, 2.05) is 13.8 Å². The van der Waals surface area contributed by atoms with Gasteiger partial charge in [0.05, 0.1) is 6.10 Å². The first-order chi connectivity index (χ1) is 11.6. The fourth-order valence-corrected chi connectivity index (χ4v) is 2.26. The molecule has 8 N–H and O–H groups in total. The fourth-order valence-electron chi connectivity index (χ4n) is 2.26. The van der Waals surface area contributed by atoms with E-state index in [4.69, 9.17) is 16.6 Å². The van der Waals surface area contributed by atoms with Crippen molar-refractivity contribution in [2.24, 2.45) is 11.5 Å². The van der Waals surface area contributed by atoms with Gasteiger partial charge < -0.3 is 32.5 Å². The van der Waals surface area contributed by atoms with Gasteiger partial charge in [-0.2, -0.15) is 0 Å². The summed E-state index contributed by atoms with van der Waals surface area (Å²) in [5, 5.41) is 19.1. The molecule has 1 aliphatic heterocycles. The standard InChI is InChI=1S/C12H27N3.C4H12N2O.C2H6/c1-13-12-7-3-6-9-14-8-4-2-5-10-15-11-12;1-3(7)4(6)2-5;1-2/h12-15H,2-11H2,1H3;3-4,7H,2,5-6H2,1H3;1-2H3/t12-;;/m0../s1. The molecule has 1 saturated heterocycles. The second-order valence-corrected chi connectivity index (χ2v) is 6.14. The van der Waals surface area contributed by atoms with Gasteiger partial charge in [-0.05, 0) is 59.3 Å². The van der Waals surface area contributed by atoms with E-state index in [1.165, 1.54) is 58.2 Å². The lowest BCUT2D eigenvalue weighted by atomic mass is 10.1. The van der Waals surface area contributed by atoms with Crippen LogP contribution in [0.1, 0.15) is 59.3 Å². The van der Waals surface area contributed by atoms with E-state index in [0.717, 1.165) is 6.54 Å². The van der Waals surface area contributed by atoms with Gasteiger partial charge >= 0.3 is 0 Å². The van der Waals surface area contributed by atoms with Crippen molar-refractivity contribution in [3.8, 4) is 0 Å². The number of likely N-dealkylation sites (N-methyl/N-ethyl adjacent to an activating group) is 1. The predicted octanol–water partition coefficient (Wildman–Crippen LogP) is 0.787. The van der Waals surface area contributed by atoms with Gasteiger partial charge in [0.25, 0.3) is 0 Å². The molecular weight excluding hydrogens is 302 g/mol. The number of hydrogen-bond acceptors (Lipinski definition) is 6. The van der Waals surface area contributed by atoms with Crippen LogP contribution >= 0.6 is 0 Å². The van der Waals surface area contributed by atoms with E-state index in [-0.39, 0.29) is 6.04 Å². The van der Waals surface area contributed by atoms with Crippen LogP contribution in [0.25, 0.3) is 0 Å². The lowest BCUT2D eigenvalue weighted by Gasteiger charge is -2.16. The highest BCUT2D eigenvalue weighted by Crippen LogP contribution is 2.01. The van der Waals surface area contributed by atoms with E-state index in [1.54, 1.807) is 6.92 Å². The van der Waals surface area contributed by atoms with E-state index >= 15 is 0 Å². The van der Waals surface area contributed by atoms with Crippen LogP contribution in [0.15, 0.2) is 0 Å². The molecule has 3 atom stereocenters. The van der Waals surface area contributed by atoms with Crippen molar-refractivity contribution in [1.29, 1.82) is 0 Å². The number of rotatable bonds is 3. The second kappa shape index (κ2) is 20.8. The zero-order valence-corrected chi connectivity index (χ0v) is 16.6. The largest absolute Gasteiger partial charge is 0.392 e. The second-order valence-electron chi connectivity index (χ2n) is 6.14. The Balaban J connectivity index is 0. The first kappa shape index (κ1) is 26.0. The quantitative estimate of drug-likeness (QED) is 0.450. The Morgan fingerprint density at radius 1 is 1.04 bits per heavy atom. The Morgan fingerprint density at radius 3 is 2.04 bits per heavy atom. The van der Waals surface area contributed by atoms with Crippen molar-refractivity contribution >= 4 is 0 Å². The first-order valence-electron chi connectivity index (χ1n) is 9.84. The number of nitrogens with two attached hydrogens (primary N) is 2. The van der Waals surface area contributed by atoms with Gasteiger partial charge in [-0.3, -0.25) is 0 Å². The first-order valence-corrected chi connectivity index (χ1v) is 9.84. The molecule has 1 fully saturated rings. The van der Waals surface area contributed by atoms with Crippen LogP contribution in [-0.4, -0.2) is 63.1 Å². The average molecular weight is 348 g/mol. The molecule has 0 saturated carbocycles. The van der Waals surface area contributed by atoms with Crippen LogP contribution in [0.4, 0.5) is 0 Å². The van der Waals surface area contributed by atoms with Gasteiger partial charge in [0.1, 0.15) is 0 Å². The smallest absolute Gasteiger partial charge is 0.0675 e. The van der Waals surface area contributed by atoms with Crippen molar-refractivity contribution in [1.82, 2.24) is 16.0 Å². The van der Waals surface area contributed by atoms with Gasteiger partial charge in [0.15, 0.2) is 0 Å². The topological polar surface area (TPSA) is 108 Å². The molecule has 0 aliphatic carbocycles. The SMILES string of the molecule is CC.CC(O)C(N)CN.CN[C@H]1CCCCNCCCCCNC1. The van der Waals surface area contributed by atoms with E-state index < -0.39 is 6.10 Å². The maximum Gasteiger partial charge on any atom is 0.0675 e. The van der Waals surface area contributed by atoms with Crippen LogP contribution in [0.3, 0.4) is 0 Å². The molecule has 1 aliphatic rings. The van der Waals surface area contributed by atoms with Gasteiger partial charge in [0.2, 0.25) is 0 Å². The number of nitrogens with one attached hydrogen (secondary N) is 3. The van der Waals surface area contributed by atoms with Crippen LogP contribution in [-0.2, 0) is 0 Å². The normalized spacial score (nSPS) is 22.9. The molecule has 6 heteroatoms. The number of aliphatic hydroxyl groups excluding tert-OH is 1. The highest BCUT2D eigenvalue weighted by atomic mass is 16.3. The summed E-state index contributed by atoms with van der Waals surface area (Å²) in [7, 11) is 2.07. The minimum absolute atomic E-state index is 0.264. The lowest BCUT2D eigenvalue weighted by Crippen LogP contribution is -2.39. The summed E-state index contributed by atoms with van der Waals surface area (Å²) < 4.78 is 0. The Kier molecular flexibility index (Phi) is 22.5. The molecule has 0 spiro atoms. The molecule has 0 aromatic rings. The van der Waals surface area contributed by atoms with Gasteiger partial charge in [-0.1, -0.05) is 26.7 Å². The summed E-state index contributed by atoms with van der Waals surface area (Å²) >= 11 is 0. The lowest BCUT2D eigenvalue weighted by molar-refractivity contribution is 0.166. The minimum atomic E-state index is -0.481. The molecule has 0 bridgehead atoms. The zero-order valence-electron chi connectivity index (χ0n) is 16.6. The Labute approximate surface area is 150 Å². The molecular formula is C18H45N5O. The number of hydrogen-bond donors (Lipinski definition) is 6. The molecule has 24 heavy (non-hydrogen) atoms. The Hall–Kier alpha value is -0.240. The maximum atomic E-state index is 8.62. The van der Waals surface area contributed by atoms with E-state index in [0.29, 0.717) is 12.6 Å². The van der Waals surface area contributed by atoms with Crippen molar-refractivity contribution in [2.75, 3.05) is 39.8 Å². The third kappa shape index (κ3) is 18.1. The summed E-state index contributed by atoms with van der Waals surface area (Å²) in [5.41, 5.74) is 10.3. The van der Waals surface area contributed by atoms with Crippen LogP contribution < -0.4 is 27.4 Å². The van der Waals surface area contributed by atoms with Gasteiger partial charge in [-0.25, -0.2) is 0 Å². The van der Waals surface area contributed by atoms with E-state index in [2.05, 4.69) is 23.0 Å². The monoisotopic (exact) mass is 347 g/mol. The van der Waals surface area contributed by atoms with Crippen molar-refractivity contribution in [3.63, 3.8) is 0 Å². The summed E-state index contributed by atoms with van der Waals surface area (Å²) in [5.74, 6) is 0. The highest BCUT2D eigenvalue weighted by molar-refractivity contribution is 4.68. The van der Waals surface area contributed by atoms with Gasteiger partial charge in [0, 0.05) is 25.2 Å². The van der Waals surface area contributed by atoms with Crippen molar-refractivity contribution < 1.29 is 5.11 Å². The van der Waals surface area contributed by atoms with Crippen LogP contribution in [0.2, 0.25) is 0 Å². The van der Waals surface area contributed by atoms with Crippen LogP contribution in [0.5, 0.6) is 0 Å².